The average molecular weight is 366 g/mol. The molecule has 0 aliphatic heterocycles. The molecule has 3 aromatic rings. The molecule has 2 N–H and O–H groups in total. The van der Waals surface area contributed by atoms with Crippen LogP contribution in [0.2, 0.25) is 0 Å². The number of alkyl halides is 3. The number of fused-ring (bicyclic) bond motifs is 1. The SMILES string of the molecule is COCCCNc1nccn2nc(Nc3cccc(C(F)(F)F)c3)nc12. The lowest BCUT2D eigenvalue weighted by molar-refractivity contribution is -0.137. The van der Waals surface area contributed by atoms with E-state index in [1.165, 1.54) is 16.6 Å². The van der Waals surface area contributed by atoms with Crippen molar-refractivity contribution in [3.63, 3.8) is 0 Å². The first-order valence-corrected chi connectivity index (χ1v) is 7.86. The van der Waals surface area contributed by atoms with E-state index in [0.29, 0.717) is 24.6 Å². The quantitative estimate of drug-likeness (QED) is 0.625. The lowest BCUT2D eigenvalue weighted by Crippen LogP contribution is -2.07. The molecule has 0 aliphatic carbocycles. The van der Waals surface area contributed by atoms with E-state index in [1.807, 2.05) is 0 Å². The molecular weight excluding hydrogens is 349 g/mol. The summed E-state index contributed by atoms with van der Waals surface area (Å²) in [6.45, 7) is 1.26. The Bertz CT molecular complexity index is 880. The van der Waals surface area contributed by atoms with Crippen molar-refractivity contribution in [1.29, 1.82) is 0 Å². The first-order chi connectivity index (χ1) is 12.5. The van der Waals surface area contributed by atoms with Gasteiger partial charge < -0.3 is 15.4 Å². The minimum atomic E-state index is -4.41. The molecule has 0 saturated heterocycles. The van der Waals surface area contributed by atoms with E-state index >= 15 is 0 Å². The summed E-state index contributed by atoms with van der Waals surface area (Å²) in [5.41, 5.74) is -0.0221. The topological polar surface area (TPSA) is 76.4 Å². The Morgan fingerprint density at radius 1 is 1.27 bits per heavy atom. The van der Waals surface area contributed by atoms with Crippen LogP contribution in [-0.2, 0) is 10.9 Å². The minimum absolute atomic E-state index is 0.178. The van der Waals surface area contributed by atoms with Gasteiger partial charge in [-0.3, -0.25) is 0 Å². The number of rotatable bonds is 7. The Morgan fingerprint density at radius 3 is 2.88 bits per heavy atom. The van der Waals surface area contributed by atoms with Gasteiger partial charge in [-0.05, 0) is 24.6 Å². The largest absolute Gasteiger partial charge is 0.416 e. The van der Waals surface area contributed by atoms with Gasteiger partial charge in [0.05, 0.1) is 5.56 Å². The van der Waals surface area contributed by atoms with Gasteiger partial charge in [-0.1, -0.05) is 6.07 Å². The molecule has 0 fully saturated rings. The molecule has 10 heteroatoms. The predicted molar refractivity (Wildman–Crippen MR) is 90.5 cm³/mol. The van der Waals surface area contributed by atoms with Crippen LogP contribution in [0.5, 0.6) is 0 Å². The Balaban J connectivity index is 1.79. The second kappa shape index (κ2) is 7.56. The monoisotopic (exact) mass is 366 g/mol. The summed E-state index contributed by atoms with van der Waals surface area (Å²) in [5.74, 6) is 0.713. The van der Waals surface area contributed by atoms with Crippen molar-refractivity contribution in [1.82, 2.24) is 19.6 Å². The molecule has 138 valence electrons. The number of anilines is 3. The summed E-state index contributed by atoms with van der Waals surface area (Å²) in [5, 5.41) is 10.1. The van der Waals surface area contributed by atoms with Gasteiger partial charge in [-0.2, -0.15) is 18.2 Å². The molecule has 0 unspecified atom stereocenters. The molecule has 0 spiro atoms. The fourth-order valence-corrected chi connectivity index (χ4v) is 2.32. The molecule has 26 heavy (non-hydrogen) atoms. The molecule has 2 heterocycles. The second-order valence-electron chi connectivity index (χ2n) is 5.46. The van der Waals surface area contributed by atoms with Gasteiger partial charge in [0.15, 0.2) is 11.5 Å². The molecule has 0 amide bonds. The highest BCUT2D eigenvalue weighted by molar-refractivity contribution is 5.65. The highest BCUT2D eigenvalue weighted by atomic mass is 19.4. The molecule has 0 bridgehead atoms. The number of benzene rings is 1. The van der Waals surface area contributed by atoms with E-state index in [9.17, 15) is 13.2 Å². The van der Waals surface area contributed by atoms with Crippen molar-refractivity contribution in [3.05, 3.63) is 42.2 Å². The van der Waals surface area contributed by atoms with Crippen molar-refractivity contribution in [2.24, 2.45) is 0 Å². The number of aromatic nitrogens is 4. The van der Waals surface area contributed by atoms with Crippen LogP contribution in [-0.4, -0.2) is 39.8 Å². The fraction of sp³-hybridized carbons (Fsp3) is 0.312. The normalized spacial score (nSPS) is 11.7. The van der Waals surface area contributed by atoms with E-state index in [2.05, 4.69) is 25.7 Å². The zero-order chi connectivity index (χ0) is 18.6. The Labute approximate surface area is 147 Å². The van der Waals surface area contributed by atoms with Gasteiger partial charge in [0.1, 0.15) is 0 Å². The highest BCUT2D eigenvalue weighted by Gasteiger charge is 2.30. The molecule has 0 atom stereocenters. The number of nitrogens with one attached hydrogen (secondary N) is 2. The molecule has 2 aromatic heterocycles. The van der Waals surface area contributed by atoms with Crippen LogP contribution in [0.3, 0.4) is 0 Å². The summed E-state index contributed by atoms with van der Waals surface area (Å²) >= 11 is 0. The first kappa shape index (κ1) is 17.9. The third-order valence-corrected chi connectivity index (χ3v) is 3.52. The van der Waals surface area contributed by atoms with Gasteiger partial charge >= 0.3 is 6.18 Å². The van der Waals surface area contributed by atoms with Gasteiger partial charge in [0.25, 0.3) is 0 Å². The Hall–Kier alpha value is -2.88. The third-order valence-electron chi connectivity index (χ3n) is 3.52. The van der Waals surface area contributed by atoms with Crippen molar-refractivity contribution in [3.8, 4) is 0 Å². The van der Waals surface area contributed by atoms with Crippen LogP contribution in [0.25, 0.3) is 5.65 Å². The number of halogens is 3. The standard InChI is InChI=1S/C16H17F3N6O/c1-26-9-3-6-20-13-14-23-15(24-25(14)8-7-21-13)22-12-5-2-4-11(10-12)16(17,18)19/h2,4-5,7-8,10H,3,6,9H2,1H3,(H,20,21)(H,22,24). The van der Waals surface area contributed by atoms with Gasteiger partial charge in [-0.15, -0.1) is 5.10 Å². The molecule has 3 rings (SSSR count). The highest BCUT2D eigenvalue weighted by Crippen LogP contribution is 2.31. The van der Waals surface area contributed by atoms with Gasteiger partial charge in [-0.25, -0.2) is 9.50 Å². The number of hydrogen-bond donors (Lipinski definition) is 2. The van der Waals surface area contributed by atoms with Crippen molar-refractivity contribution >= 4 is 23.1 Å². The van der Waals surface area contributed by atoms with Crippen LogP contribution < -0.4 is 10.6 Å². The minimum Gasteiger partial charge on any atom is -0.385 e. The molecule has 7 nitrogen and oxygen atoms in total. The molecule has 0 radical (unpaired) electrons. The first-order valence-electron chi connectivity index (χ1n) is 7.86. The maximum absolute atomic E-state index is 12.8. The predicted octanol–water partition coefficient (Wildman–Crippen LogP) is 3.34. The summed E-state index contributed by atoms with van der Waals surface area (Å²) in [6, 6.07) is 4.86. The Morgan fingerprint density at radius 2 is 2.12 bits per heavy atom. The maximum Gasteiger partial charge on any atom is 0.416 e. The van der Waals surface area contributed by atoms with Crippen LogP contribution in [0.1, 0.15) is 12.0 Å². The number of methoxy groups -OCH3 is 1. The summed E-state index contributed by atoms with van der Waals surface area (Å²) in [6.07, 6.45) is -0.440. The third kappa shape index (κ3) is 4.20. The van der Waals surface area contributed by atoms with Crippen LogP contribution in [0.4, 0.5) is 30.6 Å². The van der Waals surface area contributed by atoms with Crippen LogP contribution in [0.15, 0.2) is 36.7 Å². The Kier molecular flexibility index (Phi) is 5.21. The van der Waals surface area contributed by atoms with E-state index in [4.69, 9.17) is 4.74 Å². The number of nitrogens with zero attached hydrogens (tertiary/aromatic N) is 4. The van der Waals surface area contributed by atoms with E-state index in [-0.39, 0.29) is 11.6 Å². The van der Waals surface area contributed by atoms with E-state index in [1.54, 1.807) is 19.5 Å². The lowest BCUT2D eigenvalue weighted by Gasteiger charge is -2.08. The zero-order valence-electron chi connectivity index (χ0n) is 13.9. The molecular formula is C16H17F3N6O. The number of hydrogen-bond acceptors (Lipinski definition) is 6. The van der Waals surface area contributed by atoms with Gasteiger partial charge in [0, 0.05) is 38.3 Å². The summed E-state index contributed by atoms with van der Waals surface area (Å²) < 4.78 is 44.9. The molecule has 1 aromatic carbocycles. The number of ether oxygens (including phenoxy) is 1. The molecule has 0 aliphatic rings. The summed E-state index contributed by atoms with van der Waals surface area (Å²) in [4.78, 5) is 8.52. The van der Waals surface area contributed by atoms with Crippen LogP contribution >= 0.6 is 0 Å². The van der Waals surface area contributed by atoms with Crippen molar-refractivity contribution in [2.75, 3.05) is 30.9 Å². The smallest absolute Gasteiger partial charge is 0.385 e. The van der Waals surface area contributed by atoms with E-state index in [0.717, 1.165) is 18.6 Å². The van der Waals surface area contributed by atoms with Gasteiger partial charge in [0.2, 0.25) is 5.95 Å². The molecule has 0 saturated carbocycles. The van der Waals surface area contributed by atoms with E-state index < -0.39 is 11.7 Å². The zero-order valence-corrected chi connectivity index (χ0v) is 13.9. The van der Waals surface area contributed by atoms with Crippen molar-refractivity contribution < 1.29 is 17.9 Å². The average Bonchev–Trinajstić information content (AvgIpc) is 3.01. The van der Waals surface area contributed by atoms with Crippen molar-refractivity contribution in [2.45, 2.75) is 12.6 Å². The second-order valence-corrected chi connectivity index (χ2v) is 5.46. The fourth-order valence-electron chi connectivity index (χ4n) is 2.32. The summed E-state index contributed by atoms with van der Waals surface area (Å²) in [7, 11) is 1.63. The van der Waals surface area contributed by atoms with Crippen LogP contribution in [0, 0.1) is 0 Å². The lowest BCUT2D eigenvalue weighted by atomic mass is 10.2. The maximum atomic E-state index is 12.8.